The van der Waals surface area contributed by atoms with E-state index in [0.29, 0.717) is 24.3 Å². The summed E-state index contributed by atoms with van der Waals surface area (Å²) in [6.07, 6.45) is 0.811. The summed E-state index contributed by atoms with van der Waals surface area (Å²) in [5.74, 6) is 6.48. The van der Waals surface area contributed by atoms with E-state index in [2.05, 4.69) is 25.0 Å². The Morgan fingerprint density at radius 2 is 2.26 bits per heavy atom. The standard InChI is InChI=1S/C15H17NO2S/c1-12(2)18-15(17)16(4)13(3)8-5-6-9-14-10-7-11-19-14/h7,10-11H,1,3,5,8H2,2,4H3. The fraction of sp³-hybridized carbons (Fsp3) is 0.267. The lowest BCUT2D eigenvalue weighted by atomic mass is 10.2. The van der Waals surface area contributed by atoms with E-state index in [9.17, 15) is 4.79 Å². The van der Waals surface area contributed by atoms with E-state index >= 15 is 0 Å². The van der Waals surface area contributed by atoms with E-state index in [1.807, 2.05) is 17.5 Å². The maximum absolute atomic E-state index is 11.6. The van der Waals surface area contributed by atoms with E-state index in [0.717, 1.165) is 4.88 Å². The summed E-state index contributed by atoms with van der Waals surface area (Å²) >= 11 is 1.61. The predicted molar refractivity (Wildman–Crippen MR) is 78.6 cm³/mol. The highest BCUT2D eigenvalue weighted by Gasteiger charge is 2.12. The molecule has 1 aromatic heterocycles. The second-order valence-electron chi connectivity index (χ2n) is 3.97. The van der Waals surface area contributed by atoms with E-state index in [1.165, 1.54) is 4.90 Å². The molecule has 0 fully saturated rings. The van der Waals surface area contributed by atoms with Gasteiger partial charge in [-0.2, -0.15) is 0 Å². The van der Waals surface area contributed by atoms with Gasteiger partial charge in [-0.05, 0) is 24.8 Å². The van der Waals surface area contributed by atoms with Crippen LogP contribution < -0.4 is 0 Å². The molecule has 0 atom stereocenters. The minimum absolute atomic E-state index is 0.363. The average Bonchev–Trinajstić information content (AvgIpc) is 2.85. The molecule has 0 unspecified atom stereocenters. The molecular formula is C15H17NO2S. The third-order valence-corrected chi connectivity index (χ3v) is 3.07. The Bertz CT molecular complexity index is 520. The third-order valence-electron chi connectivity index (χ3n) is 2.28. The number of ether oxygens (including phenoxy) is 1. The number of thiophene rings is 1. The first-order valence-corrected chi connectivity index (χ1v) is 6.70. The zero-order chi connectivity index (χ0) is 14.3. The summed E-state index contributed by atoms with van der Waals surface area (Å²) in [4.78, 5) is 14.0. The highest BCUT2D eigenvalue weighted by atomic mass is 32.1. The first-order chi connectivity index (χ1) is 9.00. The van der Waals surface area contributed by atoms with Gasteiger partial charge in [-0.25, -0.2) is 4.79 Å². The highest BCUT2D eigenvalue weighted by molar-refractivity contribution is 7.10. The Kier molecular flexibility index (Phi) is 5.91. The van der Waals surface area contributed by atoms with Gasteiger partial charge in [0, 0.05) is 19.2 Å². The number of rotatable bonds is 4. The van der Waals surface area contributed by atoms with Gasteiger partial charge < -0.3 is 4.74 Å². The molecule has 1 aromatic rings. The molecule has 19 heavy (non-hydrogen) atoms. The number of hydrogen-bond acceptors (Lipinski definition) is 3. The molecule has 0 aromatic carbocycles. The van der Waals surface area contributed by atoms with Gasteiger partial charge in [0.15, 0.2) is 0 Å². The van der Waals surface area contributed by atoms with Gasteiger partial charge in [-0.1, -0.05) is 31.1 Å². The lowest BCUT2D eigenvalue weighted by molar-refractivity contribution is 0.148. The van der Waals surface area contributed by atoms with Crippen molar-refractivity contribution >= 4 is 17.4 Å². The molecule has 1 amide bonds. The van der Waals surface area contributed by atoms with Gasteiger partial charge in [-0.3, -0.25) is 4.90 Å². The summed E-state index contributed by atoms with van der Waals surface area (Å²) < 4.78 is 4.90. The number of carbonyl (C=O) groups excluding carboxylic acids is 1. The van der Waals surface area contributed by atoms with Gasteiger partial charge in [0.1, 0.15) is 0 Å². The van der Waals surface area contributed by atoms with E-state index in [1.54, 1.807) is 25.3 Å². The third kappa shape index (κ3) is 5.45. The van der Waals surface area contributed by atoms with Crippen LogP contribution in [0.25, 0.3) is 0 Å². The fourth-order valence-corrected chi connectivity index (χ4v) is 1.81. The molecule has 0 radical (unpaired) electrons. The van der Waals surface area contributed by atoms with Crippen LogP contribution >= 0.6 is 11.3 Å². The number of carbonyl (C=O) groups is 1. The molecule has 0 bridgehead atoms. The van der Waals surface area contributed by atoms with E-state index < -0.39 is 6.09 Å². The molecule has 0 N–H and O–H groups in total. The van der Waals surface area contributed by atoms with Crippen molar-refractivity contribution in [3.63, 3.8) is 0 Å². The van der Waals surface area contributed by atoms with Crippen LogP contribution in [0.3, 0.4) is 0 Å². The molecule has 100 valence electrons. The molecular weight excluding hydrogens is 258 g/mol. The van der Waals surface area contributed by atoms with Crippen molar-refractivity contribution in [1.82, 2.24) is 4.90 Å². The Hall–Kier alpha value is -1.99. The van der Waals surface area contributed by atoms with Gasteiger partial charge in [0.25, 0.3) is 0 Å². The van der Waals surface area contributed by atoms with Crippen LogP contribution in [-0.4, -0.2) is 18.0 Å². The lowest BCUT2D eigenvalue weighted by Gasteiger charge is -2.18. The SMILES string of the molecule is C=C(C)OC(=O)N(C)C(=C)CCC#Cc1cccs1. The quantitative estimate of drug-likeness (QED) is 0.614. The Balaban J connectivity index is 2.38. The Morgan fingerprint density at radius 1 is 1.53 bits per heavy atom. The van der Waals surface area contributed by atoms with Crippen LogP contribution in [0.4, 0.5) is 4.79 Å². The number of hydrogen-bond donors (Lipinski definition) is 0. The van der Waals surface area contributed by atoms with Crippen LogP contribution in [0.5, 0.6) is 0 Å². The summed E-state index contributed by atoms with van der Waals surface area (Å²) in [5.41, 5.74) is 0.673. The van der Waals surface area contributed by atoms with E-state index in [4.69, 9.17) is 4.74 Å². The van der Waals surface area contributed by atoms with Gasteiger partial charge in [0.2, 0.25) is 0 Å². The monoisotopic (exact) mass is 275 g/mol. The summed E-state index contributed by atoms with van der Waals surface area (Å²) in [6.45, 7) is 8.99. The zero-order valence-electron chi connectivity index (χ0n) is 11.2. The second-order valence-corrected chi connectivity index (χ2v) is 4.92. The van der Waals surface area contributed by atoms with Crippen LogP contribution in [0.15, 0.2) is 42.1 Å². The molecule has 0 spiro atoms. The Labute approximate surface area is 118 Å². The van der Waals surface area contributed by atoms with Gasteiger partial charge >= 0.3 is 6.09 Å². The van der Waals surface area contributed by atoms with Crippen molar-refractivity contribution in [3.05, 3.63) is 47.0 Å². The molecule has 0 aliphatic heterocycles. The minimum Gasteiger partial charge on any atom is -0.415 e. The van der Waals surface area contributed by atoms with Crippen LogP contribution in [0.2, 0.25) is 0 Å². The van der Waals surface area contributed by atoms with Crippen molar-refractivity contribution in [2.24, 2.45) is 0 Å². The topological polar surface area (TPSA) is 29.5 Å². The molecule has 1 rings (SSSR count). The molecule has 3 nitrogen and oxygen atoms in total. The van der Waals surface area contributed by atoms with Crippen molar-refractivity contribution in [2.45, 2.75) is 19.8 Å². The first-order valence-electron chi connectivity index (χ1n) is 5.82. The smallest absolute Gasteiger partial charge is 0.415 e. The molecule has 0 saturated carbocycles. The molecule has 4 heteroatoms. The summed E-state index contributed by atoms with van der Waals surface area (Å²) in [7, 11) is 1.63. The summed E-state index contributed by atoms with van der Waals surface area (Å²) in [6, 6.07) is 3.94. The molecule has 0 aliphatic rings. The number of allylic oxidation sites excluding steroid dienone is 2. The maximum atomic E-state index is 11.6. The van der Waals surface area contributed by atoms with Crippen molar-refractivity contribution in [3.8, 4) is 11.8 Å². The summed E-state index contributed by atoms with van der Waals surface area (Å²) in [5, 5.41) is 1.99. The van der Waals surface area contributed by atoms with Crippen LogP contribution in [0, 0.1) is 11.8 Å². The second kappa shape index (κ2) is 7.45. The van der Waals surface area contributed by atoms with Crippen molar-refractivity contribution in [1.29, 1.82) is 0 Å². The van der Waals surface area contributed by atoms with E-state index in [-0.39, 0.29) is 0 Å². The highest BCUT2D eigenvalue weighted by Crippen LogP contribution is 2.10. The number of amides is 1. The van der Waals surface area contributed by atoms with Crippen molar-refractivity contribution < 1.29 is 9.53 Å². The predicted octanol–water partition coefficient (Wildman–Crippen LogP) is 4.00. The zero-order valence-corrected chi connectivity index (χ0v) is 12.0. The molecule has 1 heterocycles. The lowest BCUT2D eigenvalue weighted by Crippen LogP contribution is -2.25. The van der Waals surface area contributed by atoms with Gasteiger partial charge in [0.05, 0.1) is 10.6 Å². The maximum Gasteiger partial charge on any atom is 0.418 e. The van der Waals surface area contributed by atoms with Gasteiger partial charge in [-0.15, -0.1) is 11.3 Å². The first kappa shape index (κ1) is 15.1. The van der Waals surface area contributed by atoms with Crippen molar-refractivity contribution in [2.75, 3.05) is 7.05 Å². The number of nitrogens with zero attached hydrogens (tertiary/aromatic N) is 1. The molecule has 0 saturated heterocycles. The van der Waals surface area contributed by atoms with Crippen LogP contribution in [0.1, 0.15) is 24.6 Å². The van der Waals surface area contributed by atoms with Crippen LogP contribution in [-0.2, 0) is 4.74 Å². The average molecular weight is 275 g/mol. The fourth-order valence-electron chi connectivity index (χ4n) is 1.22. The Morgan fingerprint density at radius 3 is 2.84 bits per heavy atom. The normalized spacial score (nSPS) is 9.16. The molecule has 0 aliphatic carbocycles. The minimum atomic E-state index is -0.469. The largest absolute Gasteiger partial charge is 0.418 e.